The molecule has 1 aliphatic rings. The van der Waals surface area contributed by atoms with Gasteiger partial charge in [0.2, 0.25) is 0 Å². The van der Waals surface area contributed by atoms with Gasteiger partial charge < -0.3 is 9.15 Å². The minimum atomic E-state index is -1.02. The zero-order valence-electron chi connectivity index (χ0n) is 7.77. The number of furan rings is 1. The molecule has 0 bridgehead atoms. The van der Waals surface area contributed by atoms with Crippen molar-refractivity contribution < 1.29 is 18.9 Å². The Balaban J connectivity index is 2.06. The highest BCUT2D eigenvalue weighted by Gasteiger charge is 2.21. The third-order valence-corrected chi connectivity index (χ3v) is 1.71. The van der Waals surface area contributed by atoms with Crippen molar-refractivity contribution in [1.29, 1.82) is 0 Å². The second-order valence-corrected chi connectivity index (χ2v) is 2.77. The van der Waals surface area contributed by atoms with Crippen LogP contribution in [0.2, 0.25) is 0 Å². The van der Waals surface area contributed by atoms with E-state index < -0.39 is 22.9 Å². The lowest BCUT2D eigenvalue weighted by molar-refractivity contribution is -0.402. The number of hydrogen-bond donors (Lipinski definition) is 0. The van der Waals surface area contributed by atoms with Crippen molar-refractivity contribution in [2.75, 3.05) is 0 Å². The lowest BCUT2D eigenvalue weighted by atomic mass is 10.5. The van der Waals surface area contributed by atoms with E-state index in [9.17, 15) is 14.9 Å². The van der Waals surface area contributed by atoms with Gasteiger partial charge in [-0.1, -0.05) is 0 Å². The van der Waals surface area contributed by atoms with Crippen molar-refractivity contribution in [2.45, 2.75) is 6.23 Å². The summed E-state index contributed by atoms with van der Waals surface area (Å²) in [5.41, 5.74) is 0. The first-order valence-corrected chi connectivity index (χ1v) is 4.16. The van der Waals surface area contributed by atoms with E-state index in [4.69, 9.17) is 9.15 Å². The molecule has 0 saturated heterocycles. The molecule has 1 aromatic heterocycles. The van der Waals surface area contributed by atoms with Crippen LogP contribution in [0, 0.1) is 10.1 Å². The predicted octanol–water partition coefficient (Wildman–Crippen LogP) is 0.518. The number of nitro groups is 1. The second kappa shape index (κ2) is 3.93. The van der Waals surface area contributed by atoms with Gasteiger partial charge in [0.15, 0.2) is 12.2 Å². The van der Waals surface area contributed by atoms with Gasteiger partial charge in [-0.15, -0.1) is 0 Å². The average molecular weight is 223 g/mol. The number of carbonyl (C=O) groups excluding carboxylic acids is 1. The lowest BCUT2D eigenvalue weighted by Crippen LogP contribution is -2.12. The summed E-state index contributed by atoms with van der Waals surface area (Å²) in [5, 5.41) is 10.3. The Labute approximate surface area is 88.4 Å². The highest BCUT2D eigenvalue weighted by atomic mass is 16.6. The van der Waals surface area contributed by atoms with Crippen molar-refractivity contribution in [2.24, 2.45) is 9.98 Å². The topological polar surface area (TPSA) is 107 Å². The van der Waals surface area contributed by atoms with Crippen LogP contribution in [-0.4, -0.2) is 29.7 Å². The van der Waals surface area contributed by atoms with E-state index >= 15 is 0 Å². The van der Waals surface area contributed by atoms with E-state index in [0.29, 0.717) is 0 Å². The third kappa shape index (κ3) is 1.95. The maximum Gasteiger partial charge on any atom is 0.433 e. The van der Waals surface area contributed by atoms with Gasteiger partial charge in [-0.05, 0) is 6.07 Å². The van der Waals surface area contributed by atoms with Crippen LogP contribution in [0.4, 0.5) is 5.88 Å². The Morgan fingerprint density at radius 3 is 2.94 bits per heavy atom. The molecular weight excluding hydrogens is 218 g/mol. The van der Waals surface area contributed by atoms with E-state index in [-0.39, 0.29) is 5.76 Å². The predicted molar refractivity (Wildman–Crippen MR) is 51.3 cm³/mol. The second-order valence-electron chi connectivity index (χ2n) is 2.77. The van der Waals surface area contributed by atoms with Gasteiger partial charge in [-0.3, -0.25) is 14.9 Å². The van der Waals surface area contributed by atoms with Crippen LogP contribution < -0.4 is 0 Å². The molecule has 2 rings (SSSR count). The van der Waals surface area contributed by atoms with Gasteiger partial charge in [0.25, 0.3) is 6.23 Å². The fourth-order valence-corrected chi connectivity index (χ4v) is 1.01. The van der Waals surface area contributed by atoms with Crippen LogP contribution in [0.1, 0.15) is 5.76 Å². The number of aliphatic imine (C=N–C) groups is 2. The van der Waals surface area contributed by atoms with E-state index in [1.807, 2.05) is 0 Å². The molecule has 0 aliphatic carbocycles. The molecule has 1 amide bonds. The summed E-state index contributed by atoms with van der Waals surface area (Å²) in [5.74, 6) is -0.760. The van der Waals surface area contributed by atoms with Crippen LogP contribution in [-0.2, 0) is 9.53 Å². The number of nitrogens with zero attached hydrogens (tertiary/aromatic N) is 3. The molecule has 1 atom stereocenters. The summed E-state index contributed by atoms with van der Waals surface area (Å²) in [6, 6.07) is 2.55. The molecule has 0 fully saturated rings. The normalized spacial score (nSPS) is 19.2. The van der Waals surface area contributed by atoms with E-state index in [1.165, 1.54) is 18.3 Å². The van der Waals surface area contributed by atoms with Crippen LogP contribution >= 0.6 is 0 Å². The summed E-state index contributed by atoms with van der Waals surface area (Å²) in [6.07, 6.45) is 1.14. The Morgan fingerprint density at radius 1 is 1.56 bits per heavy atom. The molecular formula is C8H5N3O5. The fraction of sp³-hybridized carbons (Fsp3) is 0.125. The van der Waals surface area contributed by atoms with Crippen LogP contribution in [0.3, 0.4) is 0 Å². The van der Waals surface area contributed by atoms with Crippen molar-refractivity contribution in [1.82, 2.24) is 0 Å². The largest absolute Gasteiger partial charge is 0.449 e. The summed E-state index contributed by atoms with van der Waals surface area (Å²) >= 11 is 0. The quantitative estimate of drug-likeness (QED) is 0.421. The molecule has 82 valence electrons. The third-order valence-electron chi connectivity index (χ3n) is 1.71. The lowest BCUT2D eigenvalue weighted by Gasteiger charge is -1.97. The van der Waals surface area contributed by atoms with Gasteiger partial charge in [0.05, 0.1) is 12.3 Å². The Kier molecular flexibility index (Phi) is 2.46. The van der Waals surface area contributed by atoms with Crippen molar-refractivity contribution in [3.8, 4) is 0 Å². The summed E-state index contributed by atoms with van der Waals surface area (Å²) in [7, 11) is 0. The number of rotatable bonds is 3. The standard InChI is InChI=1S/C8H5N3O5/c12-7-8(15-4-10-7)9-3-5-1-2-6(16-5)11(13)14/h1-4,8H. The molecule has 0 saturated carbocycles. The van der Waals surface area contributed by atoms with E-state index in [0.717, 1.165) is 6.40 Å². The maximum atomic E-state index is 10.9. The minimum Gasteiger partial charge on any atom is -0.449 e. The number of ether oxygens (including phenoxy) is 1. The van der Waals surface area contributed by atoms with E-state index in [2.05, 4.69) is 9.98 Å². The smallest absolute Gasteiger partial charge is 0.433 e. The Bertz CT molecular complexity index is 490. The molecule has 1 aliphatic heterocycles. The highest BCUT2D eigenvalue weighted by Crippen LogP contribution is 2.14. The molecule has 1 unspecified atom stereocenters. The number of carbonyl (C=O) groups is 1. The van der Waals surface area contributed by atoms with E-state index in [1.54, 1.807) is 0 Å². The average Bonchev–Trinajstić information content (AvgIpc) is 2.83. The summed E-state index contributed by atoms with van der Waals surface area (Å²) < 4.78 is 9.51. The van der Waals surface area contributed by atoms with Crippen LogP contribution in [0.15, 0.2) is 26.5 Å². The SMILES string of the molecule is O=C1N=COC1N=Cc1ccc([N+](=O)[O-])o1. The summed E-state index contributed by atoms with van der Waals surface area (Å²) in [6.45, 7) is 0. The van der Waals surface area contributed by atoms with Gasteiger partial charge in [0, 0.05) is 0 Å². The molecule has 0 spiro atoms. The monoisotopic (exact) mass is 223 g/mol. The Morgan fingerprint density at radius 2 is 2.38 bits per heavy atom. The van der Waals surface area contributed by atoms with Crippen LogP contribution in [0.25, 0.3) is 0 Å². The molecule has 0 aromatic carbocycles. The molecule has 16 heavy (non-hydrogen) atoms. The number of amides is 1. The van der Waals surface area contributed by atoms with Gasteiger partial charge in [-0.25, -0.2) is 4.99 Å². The summed E-state index contributed by atoms with van der Waals surface area (Å²) in [4.78, 5) is 27.6. The highest BCUT2D eigenvalue weighted by molar-refractivity contribution is 5.92. The molecule has 1 aromatic rings. The Hall–Kier alpha value is -2.51. The molecule has 2 heterocycles. The zero-order valence-corrected chi connectivity index (χ0v) is 7.77. The van der Waals surface area contributed by atoms with Crippen molar-refractivity contribution in [3.05, 3.63) is 28.0 Å². The first-order valence-electron chi connectivity index (χ1n) is 4.16. The van der Waals surface area contributed by atoms with Crippen molar-refractivity contribution in [3.63, 3.8) is 0 Å². The maximum absolute atomic E-state index is 10.9. The van der Waals surface area contributed by atoms with Gasteiger partial charge >= 0.3 is 11.8 Å². The van der Waals surface area contributed by atoms with Gasteiger partial charge in [0.1, 0.15) is 4.92 Å². The van der Waals surface area contributed by atoms with Crippen LogP contribution in [0.5, 0.6) is 0 Å². The molecule has 8 nitrogen and oxygen atoms in total. The molecule has 0 radical (unpaired) electrons. The first kappa shape index (κ1) is 10.0. The zero-order chi connectivity index (χ0) is 11.5. The first-order chi connectivity index (χ1) is 7.66. The van der Waals surface area contributed by atoms with Gasteiger partial charge in [-0.2, -0.15) is 4.99 Å². The molecule has 0 N–H and O–H groups in total. The number of hydrogen-bond acceptors (Lipinski definition) is 6. The molecule has 8 heteroatoms. The van der Waals surface area contributed by atoms with Crippen molar-refractivity contribution >= 4 is 24.4 Å². The fourth-order valence-electron chi connectivity index (χ4n) is 1.01. The minimum absolute atomic E-state index is 0.162.